The van der Waals surface area contributed by atoms with Crippen LogP contribution in [-0.2, 0) is 9.78 Å². The van der Waals surface area contributed by atoms with E-state index < -0.39 is 0 Å². The van der Waals surface area contributed by atoms with E-state index in [0.29, 0.717) is 0 Å². The summed E-state index contributed by atoms with van der Waals surface area (Å²) in [5.41, 5.74) is 0. The van der Waals surface area contributed by atoms with Gasteiger partial charge in [-0.05, 0) is 20.3 Å². The molecule has 2 heteroatoms. The quantitative estimate of drug-likeness (QED) is 0.413. The second kappa shape index (κ2) is 5.06. The molecule has 0 N–H and O–H groups in total. The number of hydrogen-bond acceptors (Lipinski definition) is 2. The van der Waals surface area contributed by atoms with Gasteiger partial charge in [0, 0.05) is 0 Å². The van der Waals surface area contributed by atoms with Gasteiger partial charge in [0.05, 0.1) is 6.10 Å². The lowest BCUT2D eigenvalue weighted by molar-refractivity contribution is -0.295. The second-order valence-electron chi connectivity index (χ2n) is 1.65. The van der Waals surface area contributed by atoms with Crippen molar-refractivity contribution in [1.82, 2.24) is 0 Å². The summed E-state index contributed by atoms with van der Waals surface area (Å²) >= 11 is 0. The fourth-order valence-corrected chi connectivity index (χ4v) is 0.218. The molecule has 49 valence electrons. The smallest absolute Gasteiger partial charge is 0.119 e. The van der Waals surface area contributed by atoms with Crippen molar-refractivity contribution >= 4 is 0 Å². The Hall–Kier alpha value is -0.0800. The molecule has 8 heavy (non-hydrogen) atoms. The first-order valence-electron chi connectivity index (χ1n) is 2.91. The van der Waals surface area contributed by atoms with Gasteiger partial charge in [0.1, 0.15) is 6.61 Å². The van der Waals surface area contributed by atoms with Crippen molar-refractivity contribution in [3.8, 4) is 0 Å². The summed E-state index contributed by atoms with van der Waals surface area (Å²) < 4.78 is 0. The van der Waals surface area contributed by atoms with E-state index in [1.54, 1.807) is 6.92 Å². The molecule has 0 bridgehead atoms. The van der Waals surface area contributed by atoms with Crippen molar-refractivity contribution in [2.24, 2.45) is 0 Å². The first-order valence-corrected chi connectivity index (χ1v) is 2.91. The Labute approximate surface area is 50.7 Å². The van der Waals surface area contributed by atoms with Gasteiger partial charge in [-0.1, -0.05) is 6.92 Å². The van der Waals surface area contributed by atoms with E-state index in [2.05, 4.69) is 4.89 Å². The zero-order chi connectivity index (χ0) is 6.41. The molecule has 0 heterocycles. The summed E-state index contributed by atoms with van der Waals surface area (Å²) in [7, 11) is 0. The molecule has 0 aliphatic rings. The lowest BCUT2D eigenvalue weighted by atomic mass is 10.3. The molecule has 1 atom stereocenters. The summed E-state index contributed by atoms with van der Waals surface area (Å²) in [6.45, 7) is 7.31. The molecule has 0 aromatic carbocycles. The highest BCUT2D eigenvalue weighted by Gasteiger charge is 1.95. The van der Waals surface area contributed by atoms with Crippen LogP contribution < -0.4 is 0 Å². The highest BCUT2D eigenvalue weighted by atomic mass is 17.2. The third-order valence-corrected chi connectivity index (χ3v) is 0.891. The van der Waals surface area contributed by atoms with E-state index in [-0.39, 0.29) is 6.10 Å². The van der Waals surface area contributed by atoms with Gasteiger partial charge in [0.15, 0.2) is 0 Å². The van der Waals surface area contributed by atoms with Crippen molar-refractivity contribution < 1.29 is 9.78 Å². The predicted molar refractivity (Wildman–Crippen MR) is 31.9 cm³/mol. The summed E-state index contributed by atoms with van der Waals surface area (Å²) in [5.74, 6) is 0. The Kier molecular flexibility index (Phi) is 5.01. The standard InChI is InChI=1S/C6H13O2/c1-4-6(3)8-7-5-2/h5-6H,4H2,1-3H3. The van der Waals surface area contributed by atoms with Gasteiger partial charge in [0.25, 0.3) is 0 Å². The molecule has 0 aromatic rings. The van der Waals surface area contributed by atoms with Crippen LogP contribution in [0.1, 0.15) is 27.2 Å². The van der Waals surface area contributed by atoms with Gasteiger partial charge in [-0.3, -0.25) is 0 Å². The molecular formula is C6H13O2. The van der Waals surface area contributed by atoms with Crippen LogP contribution in [0.3, 0.4) is 0 Å². The van der Waals surface area contributed by atoms with Gasteiger partial charge < -0.3 is 0 Å². The van der Waals surface area contributed by atoms with Crippen LogP contribution in [-0.4, -0.2) is 6.10 Å². The van der Waals surface area contributed by atoms with E-state index >= 15 is 0 Å². The molecule has 0 spiro atoms. The second-order valence-corrected chi connectivity index (χ2v) is 1.65. The molecular weight excluding hydrogens is 104 g/mol. The van der Waals surface area contributed by atoms with Crippen molar-refractivity contribution in [2.45, 2.75) is 33.3 Å². The SMILES string of the molecule is C[CH]OOC(C)CC. The monoisotopic (exact) mass is 117 g/mol. The molecule has 0 amide bonds. The average Bonchev–Trinajstić information content (AvgIpc) is 1.83. The van der Waals surface area contributed by atoms with Crippen LogP contribution in [0.15, 0.2) is 0 Å². The topological polar surface area (TPSA) is 18.5 Å². The van der Waals surface area contributed by atoms with Gasteiger partial charge in [-0.25, -0.2) is 9.78 Å². The lowest BCUT2D eigenvalue weighted by Crippen LogP contribution is -2.04. The van der Waals surface area contributed by atoms with E-state index in [9.17, 15) is 0 Å². The van der Waals surface area contributed by atoms with Crippen LogP contribution in [0, 0.1) is 6.61 Å². The Morgan fingerprint density at radius 3 is 2.62 bits per heavy atom. The molecule has 0 saturated carbocycles. The maximum absolute atomic E-state index is 4.78. The fraction of sp³-hybridized carbons (Fsp3) is 0.833. The minimum atomic E-state index is 0.200. The minimum Gasteiger partial charge on any atom is -0.233 e. The Balaban J connectivity index is 2.86. The molecule has 0 aliphatic heterocycles. The minimum absolute atomic E-state index is 0.200. The van der Waals surface area contributed by atoms with Crippen molar-refractivity contribution in [3.05, 3.63) is 6.61 Å². The summed E-state index contributed by atoms with van der Waals surface area (Å²) in [6.07, 6.45) is 1.18. The normalized spacial score (nSPS) is 13.9. The van der Waals surface area contributed by atoms with E-state index in [1.165, 1.54) is 6.61 Å². The Morgan fingerprint density at radius 2 is 2.25 bits per heavy atom. The predicted octanol–water partition coefficient (Wildman–Crippen LogP) is 1.91. The van der Waals surface area contributed by atoms with Gasteiger partial charge >= 0.3 is 0 Å². The Bertz CT molecular complexity index is 45.8. The van der Waals surface area contributed by atoms with E-state index in [1.807, 2.05) is 13.8 Å². The van der Waals surface area contributed by atoms with E-state index in [0.717, 1.165) is 6.42 Å². The van der Waals surface area contributed by atoms with Gasteiger partial charge in [-0.15, -0.1) is 0 Å². The maximum Gasteiger partial charge on any atom is 0.119 e. The molecule has 0 fully saturated rings. The van der Waals surface area contributed by atoms with Crippen LogP contribution in [0.5, 0.6) is 0 Å². The maximum atomic E-state index is 4.78. The molecule has 2 nitrogen and oxygen atoms in total. The van der Waals surface area contributed by atoms with Crippen LogP contribution >= 0.6 is 0 Å². The molecule has 1 unspecified atom stereocenters. The lowest BCUT2D eigenvalue weighted by Gasteiger charge is -2.05. The van der Waals surface area contributed by atoms with Crippen LogP contribution in [0.4, 0.5) is 0 Å². The molecule has 0 aromatic heterocycles. The highest BCUT2D eigenvalue weighted by Crippen LogP contribution is 1.96. The first kappa shape index (κ1) is 7.92. The van der Waals surface area contributed by atoms with Crippen molar-refractivity contribution in [3.63, 3.8) is 0 Å². The van der Waals surface area contributed by atoms with Gasteiger partial charge in [0.2, 0.25) is 0 Å². The van der Waals surface area contributed by atoms with Crippen molar-refractivity contribution in [1.29, 1.82) is 0 Å². The molecule has 0 saturated heterocycles. The van der Waals surface area contributed by atoms with Crippen LogP contribution in [0.25, 0.3) is 0 Å². The zero-order valence-electron chi connectivity index (χ0n) is 5.68. The first-order chi connectivity index (χ1) is 3.81. The molecule has 0 aliphatic carbocycles. The summed E-state index contributed by atoms with van der Waals surface area (Å²) in [5, 5.41) is 0. The highest BCUT2D eigenvalue weighted by molar-refractivity contribution is 4.38. The van der Waals surface area contributed by atoms with Crippen LogP contribution in [0.2, 0.25) is 0 Å². The average molecular weight is 117 g/mol. The Morgan fingerprint density at radius 1 is 1.62 bits per heavy atom. The fourth-order valence-electron chi connectivity index (χ4n) is 0.218. The summed E-state index contributed by atoms with van der Waals surface area (Å²) in [4.78, 5) is 9.35. The summed E-state index contributed by atoms with van der Waals surface area (Å²) in [6, 6.07) is 0. The molecule has 0 rings (SSSR count). The van der Waals surface area contributed by atoms with E-state index in [4.69, 9.17) is 4.89 Å². The third-order valence-electron chi connectivity index (χ3n) is 0.891. The number of rotatable bonds is 4. The molecule has 1 radical (unpaired) electrons. The number of hydrogen-bond donors (Lipinski definition) is 0. The largest absolute Gasteiger partial charge is 0.233 e. The zero-order valence-corrected chi connectivity index (χ0v) is 5.68. The van der Waals surface area contributed by atoms with Crippen molar-refractivity contribution in [2.75, 3.05) is 0 Å². The third kappa shape index (κ3) is 4.09. The van der Waals surface area contributed by atoms with Gasteiger partial charge in [-0.2, -0.15) is 0 Å².